The van der Waals surface area contributed by atoms with Gasteiger partial charge in [-0.2, -0.15) is 0 Å². The Labute approximate surface area is 153 Å². The van der Waals surface area contributed by atoms with E-state index in [2.05, 4.69) is 0 Å². The summed E-state index contributed by atoms with van der Waals surface area (Å²) in [4.78, 5) is 37.9. The summed E-state index contributed by atoms with van der Waals surface area (Å²) in [5.74, 6) is -2.70. The molecule has 0 spiro atoms. The Morgan fingerprint density at radius 1 is 1.00 bits per heavy atom. The third-order valence-electron chi connectivity index (χ3n) is 4.82. The highest BCUT2D eigenvalue weighted by Crippen LogP contribution is 2.44. The van der Waals surface area contributed by atoms with Crippen molar-refractivity contribution >= 4 is 17.9 Å². The average molecular weight is 360 g/mol. The van der Waals surface area contributed by atoms with Crippen LogP contribution in [0.2, 0.25) is 0 Å². The van der Waals surface area contributed by atoms with E-state index in [1.54, 1.807) is 6.08 Å². The molecule has 0 radical (unpaired) electrons. The standard InChI is InChI=1S/C20H24O6/c1-24-17(21)15(13-14-9-5-4-6-10-14)16-11-7-8-12-20(16,18(22)25-2)19(23)26-3/h4-6,9-11,15H,7-8,12-13H2,1-3H3. The van der Waals surface area contributed by atoms with Gasteiger partial charge in [0.15, 0.2) is 5.41 Å². The Bertz CT molecular complexity index is 676. The van der Waals surface area contributed by atoms with Gasteiger partial charge < -0.3 is 14.2 Å². The second kappa shape index (κ2) is 8.65. The highest BCUT2D eigenvalue weighted by Gasteiger charge is 2.55. The zero-order valence-electron chi connectivity index (χ0n) is 15.3. The van der Waals surface area contributed by atoms with E-state index in [1.807, 2.05) is 30.3 Å². The van der Waals surface area contributed by atoms with E-state index in [1.165, 1.54) is 21.3 Å². The summed E-state index contributed by atoms with van der Waals surface area (Å²) in [6, 6.07) is 9.39. The lowest BCUT2D eigenvalue weighted by atomic mass is 9.66. The lowest BCUT2D eigenvalue weighted by Gasteiger charge is -2.36. The van der Waals surface area contributed by atoms with Gasteiger partial charge in [-0.15, -0.1) is 0 Å². The molecule has 26 heavy (non-hydrogen) atoms. The molecule has 0 aromatic heterocycles. The first kappa shape index (κ1) is 19.7. The first-order valence-corrected chi connectivity index (χ1v) is 8.50. The van der Waals surface area contributed by atoms with Gasteiger partial charge in [0.1, 0.15) is 0 Å². The van der Waals surface area contributed by atoms with Gasteiger partial charge in [0.2, 0.25) is 0 Å². The number of allylic oxidation sites excluding steroid dienone is 1. The van der Waals surface area contributed by atoms with Crippen LogP contribution in [0.4, 0.5) is 0 Å². The second-order valence-corrected chi connectivity index (χ2v) is 6.21. The maximum Gasteiger partial charge on any atom is 0.327 e. The van der Waals surface area contributed by atoms with Gasteiger partial charge in [0.25, 0.3) is 0 Å². The summed E-state index contributed by atoms with van der Waals surface area (Å²) in [7, 11) is 3.74. The van der Waals surface area contributed by atoms with Crippen LogP contribution in [0.25, 0.3) is 0 Å². The minimum atomic E-state index is -1.62. The van der Waals surface area contributed by atoms with Gasteiger partial charge >= 0.3 is 17.9 Å². The van der Waals surface area contributed by atoms with Crippen LogP contribution in [0.3, 0.4) is 0 Å². The van der Waals surface area contributed by atoms with Gasteiger partial charge in [0, 0.05) is 0 Å². The van der Waals surface area contributed by atoms with Crippen molar-refractivity contribution in [1.82, 2.24) is 0 Å². The molecule has 1 aliphatic carbocycles. The van der Waals surface area contributed by atoms with Crippen LogP contribution in [0, 0.1) is 11.3 Å². The Hall–Kier alpha value is -2.63. The molecule has 1 unspecified atom stereocenters. The van der Waals surface area contributed by atoms with Crippen LogP contribution >= 0.6 is 0 Å². The third kappa shape index (κ3) is 3.64. The van der Waals surface area contributed by atoms with Crippen molar-refractivity contribution in [3.8, 4) is 0 Å². The number of esters is 3. The molecule has 0 bridgehead atoms. The molecule has 0 aliphatic heterocycles. The molecule has 6 heteroatoms. The molecular formula is C20H24O6. The van der Waals surface area contributed by atoms with Crippen LogP contribution in [-0.2, 0) is 35.0 Å². The average Bonchev–Trinajstić information content (AvgIpc) is 2.70. The molecule has 0 amide bonds. The minimum Gasteiger partial charge on any atom is -0.469 e. The number of methoxy groups -OCH3 is 3. The SMILES string of the molecule is COC(=O)C(Cc1ccccc1)C1=CCCCC1(C(=O)OC)C(=O)OC. The molecule has 1 atom stereocenters. The fourth-order valence-corrected chi connectivity index (χ4v) is 3.57. The summed E-state index contributed by atoms with van der Waals surface area (Å²) in [6.07, 6.45) is 3.61. The highest BCUT2D eigenvalue weighted by atomic mass is 16.5. The van der Waals surface area contributed by atoms with Crippen LogP contribution < -0.4 is 0 Å². The van der Waals surface area contributed by atoms with Crippen molar-refractivity contribution in [3.63, 3.8) is 0 Å². The van der Waals surface area contributed by atoms with Crippen molar-refractivity contribution in [3.05, 3.63) is 47.5 Å². The van der Waals surface area contributed by atoms with E-state index in [9.17, 15) is 14.4 Å². The normalized spacial score (nSPS) is 16.8. The van der Waals surface area contributed by atoms with E-state index in [0.29, 0.717) is 24.8 Å². The molecule has 1 aliphatic rings. The number of rotatable bonds is 6. The van der Waals surface area contributed by atoms with Crippen LogP contribution in [0.1, 0.15) is 24.8 Å². The summed E-state index contributed by atoms with van der Waals surface area (Å²) in [5.41, 5.74) is -0.314. The molecule has 1 aromatic rings. The lowest BCUT2D eigenvalue weighted by Crippen LogP contribution is -2.47. The molecule has 0 fully saturated rings. The molecule has 0 saturated carbocycles. The number of benzene rings is 1. The summed E-state index contributed by atoms with van der Waals surface area (Å²) in [5, 5.41) is 0. The molecule has 2 rings (SSSR count). The Morgan fingerprint density at radius 3 is 2.15 bits per heavy atom. The fraction of sp³-hybridized carbons (Fsp3) is 0.450. The van der Waals surface area contributed by atoms with E-state index in [4.69, 9.17) is 14.2 Å². The van der Waals surface area contributed by atoms with Crippen molar-refractivity contribution in [2.75, 3.05) is 21.3 Å². The monoisotopic (exact) mass is 360 g/mol. The Morgan fingerprint density at radius 2 is 1.62 bits per heavy atom. The van der Waals surface area contributed by atoms with Crippen molar-refractivity contribution in [2.24, 2.45) is 11.3 Å². The molecule has 0 heterocycles. The van der Waals surface area contributed by atoms with Gasteiger partial charge in [-0.1, -0.05) is 36.4 Å². The smallest absolute Gasteiger partial charge is 0.327 e. The highest BCUT2D eigenvalue weighted by molar-refractivity contribution is 6.05. The van der Waals surface area contributed by atoms with Crippen LogP contribution in [0.5, 0.6) is 0 Å². The topological polar surface area (TPSA) is 78.9 Å². The summed E-state index contributed by atoms with van der Waals surface area (Å²) in [6.45, 7) is 0. The molecule has 1 aromatic carbocycles. The van der Waals surface area contributed by atoms with Gasteiger partial charge in [-0.05, 0) is 36.8 Å². The maximum atomic E-state index is 12.7. The predicted molar refractivity (Wildman–Crippen MR) is 94.1 cm³/mol. The third-order valence-corrected chi connectivity index (χ3v) is 4.82. The lowest BCUT2D eigenvalue weighted by molar-refractivity contribution is -0.167. The fourth-order valence-electron chi connectivity index (χ4n) is 3.57. The predicted octanol–water partition coefficient (Wildman–Crippen LogP) is 2.46. The van der Waals surface area contributed by atoms with Gasteiger partial charge in [-0.3, -0.25) is 14.4 Å². The summed E-state index contributed by atoms with van der Waals surface area (Å²) < 4.78 is 14.8. The molecule has 6 nitrogen and oxygen atoms in total. The van der Waals surface area contributed by atoms with E-state index >= 15 is 0 Å². The van der Waals surface area contributed by atoms with Gasteiger partial charge in [-0.25, -0.2) is 0 Å². The first-order valence-electron chi connectivity index (χ1n) is 8.50. The number of carbonyl (C=O) groups is 3. The van der Waals surface area contributed by atoms with Crippen LogP contribution in [-0.4, -0.2) is 39.2 Å². The van der Waals surface area contributed by atoms with Crippen molar-refractivity contribution < 1.29 is 28.6 Å². The second-order valence-electron chi connectivity index (χ2n) is 6.21. The largest absolute Gasteiger partial charge is 0.469 e. The first-order chi connectivity index (χ1) is 12.5. The molecule has 0 N–H and O–H groups in total. The van der Waals surface area contributed by atoms with Crippen LogP contribution in [0.15, 0.2) is 42.0 Å². The van der Waals surface area contributed by atoms with E-state index in [0.717, 1.165) is 5.56 Å². The maximum absolute atomic E-state index is 12.7. The Balaban J connectivity index is 2.54. The zero-order chi connectivity index (χ0) is 19.2. The zero-order valence-corrected chi connectivity index (χ0v) is 15.3. The minimum absolute atomic E-state index is 0.237. The quantitative estimate of drug-likeness (QED) is 0.336. The number of hydrogen-bond acceptors (Lipinski definition) is 6. The molecule has 0 saturated heterocycles. The van der Waals surface area contributed by atoms with Gasteiger partial charge in [0.05, 0.1) is 27.2 Å². The van der Waals surface area contributed by atoms with E-state index in [-0.39, 0.29) is 6.42 Å². The Kier molecular flexibility index (Phi) is 6.55. The molecular weight excluding hydrogens is 336 g/mol. The van der Waals surface area contributed by atoms with Crippen molar-refractivity contribution in [2.45, 2.75) is 25.7 Å². The van der Waals surface area contributed by atoms with E-state index < -0.39 is 29.2 Å². The number of hydrogen-bond donors (Lipinski definition) is 0. The van der Waals surface area contributed by atoms with Crippen molar-refractivity contribution in [1.29, 1.82) is 0 Å². The number of ether oxygens (including phenoxy) is 3. The summed E-state index contributed by atoms with van der Waals surface area (Å²) >= 11 is 0. The number of carbonyl (C=O) groups excluding carboxylic acids is 3. The molecule has 140 valence electrons.